The van der Waals surface area contributed by atoms with Crippen molar-refractivity contribution in [2.75, 3.05) is 39.2 Å². The van der Waals surface area contributed by atoms with Gasteiger partial charge < -0.3 is 29.7 Å². The second-order valence-electron chi connectivity index (χ2n) is 8.47. The summed E-state index contributed by atoms with van der Waals surface area (Å²) in [4.78, 5) is 47.5. The highest BCUT2D eigenvalue weighted by molar-refractivity contribution is 6.04. The monoisotopic (exact) mass is 483 g/mol. The number of nitrogens with zero attached hydrogens (tertiary/aromatic N) is 3. The third-order valence-electron chi connectivity index (χ3n) is 6.11. The fourth-order valence-electron chi connectivity index (χ4n) is 4.29. The molecule has 1 aromatic heterocycles. The van der Waals surface area contributed by atoms with Gasteiger partial charge in [-0.3, -0.25) is 19.4 Å². The Morgan fingerprint density at radius 1 is 1.26 bits per heavy atom. The van der Waals surface area contributed by atoms with Crippen LogP contribution >= 0.6 is 0 Å². The first-order valence-electron chi connectivity index (χ1n) is 11.5. The van der Waals surface area contributed by atoms with Gasteiger partial charge in [0.25, 0.3) is 11.8 Å². The van der Waals surface area contributed by atoms with Crippen LogP contribution in [-0.2, 0) is 14.3 Å². The molecular weight excluding hydrogens is 454 g/mol. The van der Waals surface area contributed by atoms with Crippen LogP contribution in [0.4, 0.5) is 5.69 Å². The first-order valence-corrected chi connectivity index (χ1v) is 11.5. The number of rotatable bonds is 7. The second-order valence-corrected chi connectivity index (χ2v) is 8.47. The van der Waals surface area contributed by atoms with Crippen LogP contribution in [0.2, 0.25) is 0 Å². The molecule has 3 atom stereocenters. The molecule has 2 aliphatic heterocycles. The number of carbonyl (C=O) groups excluding carboxylic acids is 3. The minimum atomic E-state index is -0.427. The van der Waals surface area contributed by atoms with Crippen molar-refractivity contribution >= 4 is 23.4 Å². The van der Waals surface area contributed by atoms with Crippen LogP contribution in [-0.4, -0.2) is 84.8 Å². The Balaban J connectivity index is 1.43. The Bertz CT molecular complexity index is 1070. The molecule has 0 aliphatic carbocycles. The van der Waals surface area contributed by atoms with Crippen LogP contribution in [0.1, 0.15) is 40.1 Å². The number of hydrogen-bond donors (Lipinski definition) is 2. The number of carbonyl (C=O) groups is 3. The summed E-state index contributed by atoms with van der Waals surface area (Å²) >= 11 is 0. The molecule has 2 aromatic rings. The van der Waals surface area contributed by atoms with Crippen LogP contribution in [0.3, 0.4) is 0 Å². The van der Waals surface area contributed by atoms with Crippen LogP contribution < -0.4 is 15.4 Å². The molecule has 3 heterocycles. The highest BCUT2D eigenvalue weighted by Crippen LogP contribution is 2.32. The van der Waals surface area contributed by atoms with E-state index in [1.165, 1.54) is 18.6 Å². The molecule has 0 spiro atoms. The van der Waals surface area contributed by atoms with E-state index in [2.05, 4.69) is 20.6 Å². The SMILES string of the molecule is COCCNC(=O)C[C@@H]1CC[C@H]2[C@H](COc3ccc(NC(=O)c4cnccn4)cc3C(=O)N2C)O1. The van der Waals surface area contributed by atoms with E-state index in [-0.39, 0.29) is 48.8 Å². The number of methoxy groups -OCH3 is 1. The van der Waals surface area contributed by atoms with Crippen molar-refractivity contribution < 1.29 is 28.6 Å². The normalized spacial score (nSPS) is 21.6. The number of anilines is 1. The van der Waals surface area contributed by atoms with Gasteiger partial charge in [0.1, 0.15) is 24.2 Å². The third kappa shape index (κ3) is 5.92. The summed E-state index contributed by atoms with van der Waals surface area (Å²) < 4.78 is 17.1. The van der Waals surface area contributed by atoms with Gasteiger partial charge in [-0.15, -0.1) is 0 Å². The van der Waals surface area contributed by atoms with Crippen LogP contribution in [0.25, 0.3) is 0 Å². The van der Waals surface area contributed by atoms with Gasteiger partial charge >= 0.3 is 0 Å². The Labute approximate surface area is 203 Å². The lowest BCUT2D eigenvalue weighted by Gasteiger charge is -2.42. The van der Waals surface area contributed by atoms with E-state index in [0.717, 1.165) is 0 Å². The highest BCUT2D eigenvalue weighted by Gasteiger charge is 2.39. The summed E-state index contributed by atoms with van der Waals surface area (Å²) in [5.41, 5.74) is 0.965. The molecule has 1 saturated heterocycles. The number of fused-ring (bicyclic) bond motifs is 2. The fraction of sp³-hybridized carbons (Fsp3) is 0.458. The number of aromatic nitrogens is 2. The van der Waals surface area contributed by atoms with Crippen molar-refractivity contribution in [3.05, 3.63) is 48.0 Å². The van der Waals surface area contributed by atoms with E-state index in [4.69, 9.17) is 14.2 Å². The zero-order valence-corrected chi connectivity index (χ0v) is 19.7. The summed E-state index contributed by atoms with van der Waals surface area (Å²) in [7, 11) is 3.32. The molecule has 3 amide bonds. The lowest BCUT2D eigenvalue weighted by molar-refractivity contribution is -0.134. The molecule has 0 radical (unpaired) electrons. The highest BCUT2D eigenvalue weighted by atomic mass is 16.5. The fourth-order valence-corrected chi connectivity index (χ4v) is 4.29. The minimum absolute atomic E-state index is 0.0944. The molecular formula is C24H29N5O6. The van der Waals surface area contributed by atoms with Gasteiger partial charge in [-0.05, 0) is 31.0 Å². The standard InChI is InChI=1S/C24H29N5O6/c1-29-19-5-4-16(12-22(30)27-9-10-33-2)35-21(19)14-34-20-6-3-15(11-17(20)24(29)32)28-23(31)18-13-25-7-8-26-18/h3,6-8,11,13,16,19,21H,4-5,9-10,12,14H2,1-2H3,(H,27,30)(H,28,31)/t16-,19-,21-/m0/s1. The first-order chi connectivity index (χ1) is 17.0. The van der Waals surface area contributed by atoms with Crippen LogP contribution in [0, 0.1) is 0 Å². The number of ether oxygens (including phenoxy) is 3. The maximum atomic E-state index is 13.3. The molecule has 11 heteroatoms. The average molecular weight is 484 g/mol. The molecule has 0 saturated carbocycles. The van der Waals surface area contributed by atoms with Gasteiger partial charge in [0.05, 0.1) is 36.9 Å². The van der Waals surface area contributed by atoms with Crippen molar-refractivity contribution in [3.63, 3.8) is 0 Å². The largest absolute Gasteiger partial charge is 0.490 e. The van der Waals surface area contributed by atoms with E-state index < -0.39 is 5.91 Å². The lowest BCUT2D eigenvalue weighted by atomic mass is 9.94. The van der Waals surface area contributed by atoms with Gasteiger partial charge in [0.15, 0.2) is 0 Å². The lowest BCUT2D eigenvalue weighted by Crippen LogP contribution is -2.54. The molecule has 0 unspecified atom stereocenters. The summed E-state index contributed by atoms with van der Waals surface area (Å²) in [5.74, 6) is -0.350. The third-order valence-corrected chi connectivity index (χ3v) is 6.11. The minimum Gasteiger partial charge on any atom is -0.490 e. The van der Waals surface area contributed by atoms with Crippen molar-refractivity contribution in [1.82, 2.24) is 20.2 Å². The predicted molar refractivity (Wildman–Crippen MR) is 125 cm³/mol. The van der Waals surface area contributed by atoms with Gasteiger partial charge in [0, 0.05) is 38.8 Å². The van der Waals surface area contributed by atoms with Gasteiger partial charge in [-0.2, -0.15) is 0 Å². The molecule has 4 rings (SSSR count). The molecule has 1 aromatic carbocycles. The maximum absolute atomic E-state index is 13.3. The van der Waals surface area contributed by atoms with Crippen molar-refractivity contribution in [2.24, 2.45) is 0 Å². The molecule has 2 N–H and O–H groups in total. The second kappa shape index (κ2) is 11.2. The van der Waals surface area contributed by atoms with Gasteiger partial charge in [0.2, 0.25) is 5.91 Å². The van der Waals surface area contributed by atoms with E-state index >= 15 is 0 Å². The van der Waals surface area contributed by atoms with Crippen LogP contribution in [0.5, 0.6) is 5.75 Å². The predicted octanol–water partition coefficient (Wildman–Crippen LogP) is 1.26. The first kappa shape index (κ1) is 24.6. The summed E-state index contributed by atoms with van der Waals surface area (Å²) in [5, 5.41) is 5.55. The van der Waals surface area contributed by atoms with E-state index in [1.54, 1.807) is 37.3 Å². The topological polar surface area (TPSA) is 132 Å². The number of nitrogens with one attached hydrogen (secondary N) is 2. The smallest absolute Gasteiger partial charge is 0.275 e. The zero-order chi connectivity index (χ0) is 24.8. The number of benzene rings is 1. The average Bonchev–Trinajstić information content (AvgIpc) is 2.87. The Kier molecular flexibility index (Phi) is 7.88. The number of hydrogen-bond acceptors (Lipinski definition) is 8. The summed E-state index contributed by atoms with van der Waals surface area (Å²) in [6.45, 7) is 1.14. The zero-order valence-electron chi connectivity index (χ0n) is 19.7. The summed E-state index contributed by atoms with van der Waals surface area (Å²) in [6, 6.07) is 4.71. The molecule has 1 fully saturated rings. The van der Waals surface area contributed by atoms with E-state index in [9.17, 15) is 14.4 Å². The maximum Gasteiger partial charge on any atom is 0.275 e. The number of amides is 3. The van der Waals surface area contributed by atoms with Gasteiger partial charge in [-0.1, -0.05) is 0 Å². The molecule has 2 aliphatic rings. The van der Waals surface area contributed by atoms with Crippen molar-refractivity contribution in [1.29, 1.82) is 0 Å². The van der Waals surface area contributed by atoms with Gasteiger partial charge in [-0.25, -0.2) is 4.98 Å². The van der Waals surface area contributed by atoms with E-state index in [0.29, 0.717) is 43.0 Å². The number of likely N-dealkylation sites (N-methyl/N-ethyl adjacent to an activating group) is 1. The Morgan fingerprint density at radius 2 is 2.11 bits per heavy atom. The molecule has 11 nitrogen and oxygen atoms in total. The van der Waals surface area contributed by atoms with Crippen LogP contribution in [0.15, 0.2) is 36.8 Å². The molecule has 186 valence electrons. The summed E-state index contributed by atoms with van der Waals surface area (Å²) in [6.07, 6.45) is 5.25. The molecule has 0 bridgehead atoms. The van der Waals surface area contributed by atoms with E-state index in [1.807, 2.05) is 0 Å². The Hall–Kier alpha value is -3.57. The van der Waals surface area contributed by atoms with Crippen molar-refractivity contribution in [3.8, 4) is 5.75 Å². The van der Waals surface area contributed by atoms with Crippen molar-refractivity contribution in [2.45, 2.75) is 37.5 Å². The molecule has 35 heavy (non-hydrogen) atoms. The Morgan fingerprint density at radius 3 is 2.89 bits per heavy atom. The quantitative estimate of drug-likeness (QED) is 0.563.